The summed E-state index contributed by atoms with van der Waals surface area (Å²) in [5, 5.41) is 17.2. The number of benzene rings is 2. The van der Waals surface area contributed by atoms with Crippen LogP contribution in [0.2, 0.25) is 0 Å². The Labute approximate surface area is 151 Å². The summed E-state index contributed by atoms with van der Waals surface area (Å²) in [7, 11) is 0. The van der Waals surface area contributed by atoms with Crippen LogP contribution in [0, 0.1) is 0 Å². The molecule has 0 spiro atoms. The minimum absolute atomic E-state index is 0.119. The van der Waals surface area contributed by atoms with Crippen LogP contribution in [-0.4, -0.2) is 21.1 Å². The molecule has 3 aromatic rings. The van der Waals surface area contributed by atoms with Gasteiger partial charge in [-0.05, 0) is 36.2 Å². The summed E-state index contributed by atoms with van der Waals surface area (Å²) in [4.78, 5) is 15.6. The lowest BCUT2D eigenvalue weighted by atomic mass is 10.1. The van der Waals surface area contributed by atoms with Gasteiger partial charge in [0.25, 0.3) is 0 Å². The molecule has 0 radical (unpaired) electrons. The van der Waals surface area contributed by atoms with E-state index >= 15 is 0 Å². The molecule has 3 rings (SSSR count). The Morgan fingerprint density at radius 2 is 1.85 bits per heavy atom. The molecular weight excluding hydrogens is 328 g/mol. The Morgan fingerprint density at radius 3 is 2.65 bits per heavy atom. The molecule has 0 saturated heterocycles. The third-order valence-corrected chi connectivity index (χ3v) is 3.66. The number of nitrogens with zero attached hydrogens (tertiary/aromatic N) is 3. The molecule has 0 bridgehead atoms. The molecule has 0 fully saturated rings. The van der Waals surface area contributed by atoms with Crippen molar-refractivity contribution in [1.29, 1.82) is 0 Å². The molecule has 0 saturated carbocycles. The van der Waals surface area contributed by atoms with Crippen molar-refractivity contribution < 1.29 is 4.79 Å². The second kappa shape index (κ2) is 8.06. The van der Waals surface area contributed by atoms with Gasteiger partial charge in [0.2, 0.25) is 11.9 Å². The van der Waals surface area contributed by atoms with Crippen molar-refractivity contribution in [3.63, 3.8) is 0 Å². The van der Waals surface area contributed by atoms with Crippen molar-refractivity contribution in [2.24, 2.45) is 0 Å². The maximum atomic E-state index is 11.2. The van der Waals surface area contributed by atoms with Crippen LogP contribution < -0.4 is 16.0 Å². The van der Waals surface area contributed by atoms with E-state index < -0.39 is 0 Å². The van der Waals surface area contributed by atoms with E-state index in [0.29, 0.717) is 17.5 Å². The summed E-state index contributed by atoms with van der Waals surface area (Å²) >= 11 is 0. The fourth-order valence-corrected chi connectivity index (χ4v) is 2.51. The third-order valence-electron chi connectivity index (χ3n) is 3.66. The number of nitrogens with one attached hydrogen (secondary N) is 3. The van der Waals surface area contributed by atoms with Crippen molar-refractivity contribution in [1.82, 2.24) is 15.2 Å². The standard InChI is InChI=1S/C19H20N6O/c1-3-14-7-4-5-10-17(14)23-19-24-18(12-20-25-19)22-16-9-6-8-15(11-16)21-13(2)26/h4-12H,3H2,1-2H3,(H,21,26)(H2,22,23,24,25). The van der Waals surface area contributed by atoms with E-state index in [-0.39, 0.29) is 5.91 Å². The highest BCUT2D eigenvalue weighted by molar-refractivity contribution is 5.89. The number of anilines is 5. The topological polar surface area (TPSA) is 91.8 Å². The van der Waals surface area contributed by atoms with Crippen molar-refractivity contribution in [2.75, 3.05) is 16.0 Å². The van der Waals surface area contributed by atoms with Gasteiger partial charge in [0.15, 0.2) is 5.82 Å². The van der Waals surface area contributed by atoms with Gasteiger partial charge < -0.3 is 16.0 Å². The Morgan fingerprint density at radius 1 is 1.04 bits per heavy atom. The molecule has 7 heteroatoms. The molecule has 3 N–H and O–H groups in total. The predicted octanol–water partition coefficient (Wildman–Crippen LogP) is 3.88. The molecule has 1 aromatic heterocycles. The monoisotopic (exact) mass is 348 g/mol. The number of aryl methyl sites for hydroxylation is 1. The van der Waals surface area contributed by atoms with Crippen molar-refractivity contribution in [3.8, 4) is 0 Å². The minimum atomic E-state index is -0.119. The second-order valence-electron chi connectivity index (χ2n) is 5.69. The summed E-state index contributed by atoms with van der Waals surface area (Å²) in [6, 6.07) is 15.4. The molecular formula is C19H20N6O. The lowest BCUT2D eigenvalue weighted by molar-refractivity contribution is -0.114. The fourth-order valence-electron chi connectivity index (χ4n) is 2.51. The van der Waals surface area contributed by atoms with Crippen LogP contribution in [0.5, 0.6) is 0 Å². The van der Waals surface area contributed by atoms with Crippen LogP contribution in [0.25, 0.3) is 0 Å². The number of aromatic nitrogens is 3. The number of rotatable bonds is 6. The molecule has 0 atom stereocenters. The van der Waals surface area contributed by atoms with Crippen LogP contribution in [0.4, 0.5) is 28.8 Å². The lowest BCUT2D eigenvalue weighted by Crippen LogP contribution is -2.06. The summed E-state index contributed by atoms with van der Waals surface area (Å²) < 4.78 is 0. The molecule has 132 valence electrons. The molecule has 26 heavy (non-hydrogen) atoms. The summed E-state index contributed by atoms with van der Waals surface area (Å²) in [6.07, 6.45) is 2.45. The van der Waals surface area contributed by atoms with Gasteiger partial charge in [0, 0.05) is 24.0 Å². The summed E-state index contributed by atoms with van der Waals surface area (Å²) in [6.45, 7) is 3.57. The number of hydrogen-bond donors (Lipinski definition) is 3. The molecule has 0 aliphatic heterocycles. The first-order valence-corrected chi connectivity index (χ1v) is 8.33. The smallest absolute Gasteiger partial charge is 0.249 e. The molecule has 0 aliphatic carbocycles. The van der Waals surface area contributed by atoms with Crippen LogP contribution in [0.3, 0.4) is 0 Å². The zero-order valence-corrected chi connectivity index (χ0v) is 14.7. The SMILES string of the molecule is CCc1ccccc1Nc1nncc(Nc2cccc(NC(C)=O)c2)n1. The zero-order valence-electron chi connectivity index (χ0n) is 14.7. The van der Waals surface area contributed by atoms with Crippen LogP contribution >= 0.6 is 0 Å². The Kier molecular flexibility index (Phi) is 5.38. The fraction of sp³-hybridized carbons (Fsp3) is 0.158. The average Bonchev–Trinajstić information content (AvgIpc) is 2.62. The van der Waals surface area contributed by atoms with E-state index in [4.69, 9.17) is 0 Å². The highest BCUT2D eigenvalue weighted by atomic mass is 16.1. The number of carbonyl (C=O) groups is 1. The average molecular weight is 348 g/mol. The maximum absolute atomic E-state index is 11.2. The van der Waals surface area contributed by atoms with Gasteiger partial charge in [0.1, 0.15) is 0 Å². The van der Waals surface area contributed by atoms with Crippen molar-refractivity contribution >= 4 is 34.7 Å². The van der Waals surface area contributed by atoms with E-state index in [1.54, 1.807) is 6.20 Å². The number of para-hydroxylation sites is 1. The highest BCUT2D eigenvalue weighted by Gasteiger charge is 2.05. The largest absolute Gasteiger partial charge is 0.339 e. The van der Waals surface area contributed by atoms with Gasteiger partial charge in [-0.2, -0.15) is 10.1 Å². The first-order valence-electron chi connectivity index (χ1n) is 8.33. The maximum Gasteiger partial charge on any atom is 0.249 e. The van der Waals surface area contributed by atoms with E-state index in [1.165, 1.54) is 12.5 Å². The first-order chi connectivity index (χ1) is 12.6. The van der Waals surface area contributed by atoms with Crippen LogP contribution in [0.15, 0.2) is 54.7 Å². The Hall–Kier alpha value is -3.48. The molecule has 1 amide bonds. The Bertz CT molecular complexity index is 912. The van der Waals surface area contributed by atoms with Crippen molar-refractivity contribution in [3.05, 3.63) is 60.3 Å². The summed E-state index contributed by atoms with van der Waals surface area (Å²) in [5.74, 6) is 0.845. The van der Waals surface area contributed by atoms with Gasteiger partial charge in [0.05, 0.1) is 6.20 Å². The van der Waals surface area contributed by atoms with E-state index in [9.17, 15) is 4.79 Å². The summed E-state index contributed by atoms with van der Waals surface area (Å²) in [5.41, 5.74) is 3.63. The molecule has 0 aliphatic rings. The van der Waals surface area contributed by atoms with Gasteiger partial charge in [-0.25, -0.2) is 0 Å². The lowest BCUT2D eigenvalue weighted by Gasteiger charge is -2.11. The third kappa shape index (κ3) is 4.54. The molecule has 2 aromatic carbocycles. The molecule has 0 unspecified atom stereocenters. The first kappa shape index (κ1) is 17.3. The van der Waals surface area contributed by atoms with E-state index in [1.807, 2.05) is 42.5 Å². The van der Waals surface area contributed by atoms with Gasteiger partial charge >= 0.3 is 0 Å². The van der Waals surface area contributed by atoms with Crippen molar-refractivity contribution in [2.45, 2.75) is 20.3 Å². The Balaban J connectivity index is 1.76. The van der Waals surface area contributed by atoms with Crippen LogP contribution in [-0.2, 0) is 11.2 Å². The number of carbonyl (C=O) groups excluding carboxylic acids is 1. The second-order valence-corrected chi connectivity index (χ2v) is 5.69. The predicted molar refractivity (Wildman–Crippen MR) is 103 cm³/mol. The minimum Gasteiger partial charge on any atom is -0.339 e. The van der Waals surface area contributed by atoms with Gasteiger partial charge in [-0.3, -0.25) is 4.79 Å². The number of hydrogen-bond acceptors (Lipinski definition) is 6. The molecule has 1 heterocycles. The van der Waals surface area contributed by atoms with Gasteiger partial charge in [-0.15, -0.1) is 5.10 Å². The quantitative estimate of drug-likeness (QED) is 0.626. The van der Waals surface area contributed by atoms with E-state index in [2.05, 4.69) is 44.1 Å². The zero-order chi connectivity index (χ0) is 18.4. The number of amides is 1. The highest BCUT2D eigenvalue weighted by Crippen LogP contribution is 2.21. The van der Waals surface area contributed by atoms with Crippen LogP contribution in [0.1, 0.15) is 19.4 Å². The normalized spacial score (nSPS) is 10.2. The van der Waals surface area contributed by atoms with Gasteiger partial charge in [-0.1, -0.05) is 31.2 Å². The molecule has 7 nitrogen and oxygen atoms in total. The van der Waals surface area contributed by atoms with E-state index in [0.717, 1.165) is 17.8 Å².